The third-order valence-corrected chi connectivity index (χ3v) is 5.12. The van der Waals surface area contributed by atoms with E-state index in [1.807, 2.05) is 0 Å². The summed E-state index contributed by atoms with van der Waals surface area (Å²) in [6.07, 6.45) is 5.73. The summed E-state index contributed by atoms with van der Waals surface area (Å²) >= 11 is 0. The normalized spacial score (nSPS) is 29.6. The number of nitrogens with zero attached hydrogens (tertiary/aromatic N) is 1. The Bertz CT molecular complexity index is 630. The van der Waals surface area contributed by atoms with Crippen molar-refractivity contribution in [2.24, 2.45) is 5.73 Å². The number of nitrogens with one attached hydrogen (secondary N) is 1. The summed E-state index contributed by atoms with van der Waals surface area (Å²) in [7, 11) is 0. The van der Waals surface area contributed by atoms with E-state index in [9.17, 15) is 0 Å². The molecule has 1 unspecified atom stereocenters. The van der Waals surface area contributed by atoms with Crippen LogP contribution in [0, 0.1) is 0 Å². The molecule has 1 aromatic carbocycles. The highest BCUT2D eigenvalue weighted by molar-refractivity contribution is 5.88. The quantitative estimate of drug-likeness (QED) is 0.880. The fraction of sp³-hybridized carbons (Fsp3) is 0.529. The molecule has 1 aromatic heterocycles. The Balaban J connectivity index is 1.82. The van der Waals surface area contributed by atoms with E-state index in [1.54, 1.807) is 0 Å². The molecule has 20 heavy (non-hydrogen) atoms. The van der Waals surface area contributed by atoms with Crippen LogP contribution in [0.4, 0.5) is 0 Å². The lowest BCUT2D eigenvalue weighted by Gasteiger charge is -2.46. The fourth-order valence-electron chi connectivity index (χ4n) is 4.38. The second-order valence-corrected chi connectivity index (χ2v) is 6.45. The minimum absolute atomic E-state index is 0.318. The molecular weight excluding hydrogens is 246 g/mol. The van der Waals surface area contributed by atoms with Gasteiger partial charge in [-0.1, -0.05) is 19.1 Å². The first kappa shape index (κ1) is 12.4. The number of piperidine rings is 1. The van der Waals surface area contributed by atoms with Crippen LogP contribution in [0.3, 0.4) is 0 Å². The summed E-state index contributed by atoms with van der Waals surface area (Å²) in [5, 5.41) is 1.47. The molecule has 0 bridgehead atoms. The first-order valence-corrected chi connectivity index (χ1v) is 7.86. The molecule has 1 aliphatic carbocycles. The van der Waals surface area contributed by atoms with E-state index >= 15 is 0 Å². The summed E-state index contributed by atoms with van der Waals surface area (Å²) in [4.78, 5) is 6.07. The van der Waals surface area contributed by atoms with Gasteiger partial charge >= 0.3 is 0 Å². The van der Waals surface area contributed by atoms with Gasteiger partial charge in [-0.2, -0.15) is 0 Å². The highest BCUT2D eigenvalue weighted by Crippen LogP contribution is 2.43. The van der Waals surface area contributed by atoms with Crippen molar-refractivity contribution in [3.8, 4) is 0 Å². The van der Waals surface area contributed by atoms with Crippen LogP contribution in [0.15, 0.2) is 24.4 Å². The topological polar surface area (TPSA) is 45.0 Å². The smallest absolute Gasteiger partial charge is 0.0459 e. The van der Waals surface area contributed by atoms with Gasteiger partial charge in [-0.25, -0.2) is 0 Å². The lowest BCUT2D eigenvalue weighted by atomic mass is 9.74. The van der Waals surface area contributed by atoms with E-state index in [4.69, 9.17) is 5.73 Å². The minimum Gasteiger partial charge on any atom is -0.361 e. The number of aromatic nitrogens is 1. The van der Waals surface area contributed by atoms with Crippen molar-refractivity contribution in [1.82, 2.24) is 9.88 Å². The Morgan fingerprint density at radius 2 is 2.30 bits per heavy atom. The zero-order chi connectivity index (χ0) is 13.7. The Morgan fingerprint density at radius 1 is 1.40 bits per heavy atom. The van der Waals surface area contributed by atoms with Crippen LogP contribution in [0.1, 0.15) is 36.8 Å². The Morgan fingerprint density at radius 3 is 3.15 bits per heavy atom. The largest absolute Gasteiger partial charge is 0.361 e. The predicted octanol–water partition coefficient (Wildman–Crippen LogP) is 2.62. The number of rotatable bonds is 2. The Labute approximate surface area is 120 Å². The number of hydrogen-bond donors (Lipinski definition) is 2. The van der Waals surface area contributed by atoms with Crippen LogP contribution in [0.5, 0.6) is 0 Å². The number of fused-ring (bicyclic) bond motifs is 2. The summed E-state index contributed by atoms with van der Waals surface area (Å²) in [6.45, 7) is 4.50. The lowest BCUT2D eigenvalue weighted by molar-refractivity contribution is 0.110. The molecule has 0 saturated carbocycles. The number of likely N-dealkylation sites (tertiary alicyclic amines) is 1. The molecule has 0 spiro atoms. The van der Waals surface area contributed by atoms with E-state index in [0.717, 1.165) is 13.0 Å². The molecule has 0 radical (unpaired) electrons. The van der Waals surface area contributed by atoms with E-state index in [2.05, 4.69) is 41.2 Å². The van der Waals surface area contributed by atoms with Crippen molar-refractivity contribution < 1.29 is 0 Å². The molecule has 1 fully saturated rings. The molecule has 3 atom stereocenters. The molecular formula is C17H23N3. The maximum atomic E-state index is 6.34. The van der Waals surface area contributed by atoms with Crippen LogP contribution >= 0.6 is 0 Å². The van der Waals surface area contributed by atoms with Crippen molar-refractivity contribution in [2.75, 3.05) is 13.1 Å². The number of aromatic amines is 1. The van der Waals surface area contributed by atoms with Crippen LogP contribution in [0.25, 0.3) is 10.9 Å². The van der Waals surface area contributed by atoms with E-state index < -0.39 is 0 Å². The van der Waals surface area contributed by atoms with E-state index in [-0.39, 0.29) is 0 Å². The molecule has 1 aliphatic heterocycles. The van der Waals surface area contributed by atoms with Gasteiger partial charge in [0.2, 0.25) is 0 Å². The lowest BCUT2D eigenvalue weighted by Crippen LogP contribution is -2.54. The first-order chi connectivity index (χ1) is 9.78. The Hall–Kier alpha value is -1.32. The van der Waals surface area contributed by atoms with Gasteiger partial charge < -0.3 is 10.7 Å². The molecule has 106 valence electrons. The third-order valence-electron chi connectivity index (χ3n) is 5.12. The highest BCUT2D eigenvalue weighted by Gasteiger charge is 2.39. The highest BCUT2D eigenvalue weighted by atomic mass is 15.2. The molecule has 3 heteroatoms. The third kappa shape index (κ3) is 1.73. The second-order valence-electron chi connectivity index (χ2n) is 6.45. The Kier molecular flexibility index (Phi) is 2.86. The minimum atomic E-state index is 0.318. The zero-order valence-corrected chi connectivity index (χ0v) is 12.1. The van der Waals surface area contributed by atoms with Crippen molar-refractivity contribution >= 4 is 10.9 Å². The molecule has 2 heterocycles. The molecule has 4 rings (SSSR count). The van der Waals surface area contributed by atoms with Gasteiger partial charge in [-0.15, -0.1) is 0 Å². The van der Waals surface area contributed by atoms with Gasteiger partial charge in [0.25, 0.3) is 0 Å². The summed E-state index contributed by atoms with van der Waals surface area (Å²) < 4.78 is 0. The van der Waals surface area contributed by atoms with Gasteiger partial charge in [0.15, 0.2) is 0 Å². The molecule has 3 N–H and O–H groups in total. The zero-order valence-electron chi connectivity index (χ0n) is 12.1. The van der Waals surface area contributed by atoms with Crippen LogP contribution in [0.2, 0.25) is 0 Å². The average Bonchev–Trinajstić information content (AvgIpc) is 2.85. The van der Waals surface area contributed by atoms with Crippen molar-refractivity contribution in [1.29, 1.82) is 0 Å². The van der Waals surface area contributed by atoms with E-state index in [0.29, 0.717) is 18.0 Å². The van der Waals surface area contributed by atoms with Gasteiger partial charge in [-0.05, 0) is 43.0 Å². The van der Waals surface area contributed by atoms with Crippen LogP contribution in [-0.4, -0.2) is 35.1 Å². The fourth-order valence-corrected chi connectivity index (χ4v) is 4.38. The van der Waals surface area contributed by atoms with Gasteiger partial charge in [0, 0.05) is 41.6 Å². The molecule has 3 nitrogen and oxygen atoms in total. The number of hydrogen-bond acceptors (Lipinski definition) is 2. The van der Waals surface area contributed by atoms with Gasteiger partial charge in [0.05, 0.1) is 0 Å². The van der Waals surface area contributed by atoms with E-state index in [1.165, 1.54) is 41.4 Å². The van der Waals surface area contributed by atoms with Crippen LogP contribution in [-0.2, 0) is 6.42 Å². The SMILES string of the molecule is CCCN1C[C@@H](N)CC2c3cccc4[nH]cc(c34)C[C@H]21. The maximum absolute atomic E-state index is 6.34. The number of nitrogens with two attached hydrogens (primary N) is 1. The monoisotopic (exact) mass is 269 g/mol. The van der Waals surface area contributed by atoms with Crippen molar-refractivity contribution in [3.05, 3.63) is 35.5 Å². The van der Waals surface area contributed by atoms with Gasteiger partial charge in [0.1, 0.15) is 0 Å². The van der Waals surface area contributed by atoms with Crippen LogP contribution < -0.4 is 5.73 Å². The molecule has 2 aliphatic rings. The second kappa shape index (κ2) is 4.61. The molecule has 1 saturated heterocycles. The number of H-pyrrole nitrogens is 1. The standard InChI is InChI=1S/C17H23N3/c1-2-6-20-10-12(18)8-14-13-4-3-5-15-17(13)11(9-19-15)7-16(14)20/h3-5,9,12,14,16,19H,2,6-8,10,18H2,1H3/t12-,14?,16+/m0/s1. The number of benzene rings is 1. The summed E-state index contributed by atoms with van der Waals surface area (Å²) in [5.41, 5.74) is 10.6. The maximum Gasteiger partial charge on any atom is 0.0459 e. The summed E-state index contributed by atoms with van der Waals surface area (Å²) in [5.74, 6) is 0.609. The molecule has 0 amide bonds. The van der Waals surface area contributed by atoms with Crippen molar-refractivity contribution in [2.45, 2.75) is 44.2 Å². The first-order valence-electron chi connectivity index (χ1n) is 7.86. The molecule has 2 aromatic rings. The predicted molar refractivity (Wildman–Crippen MR) is 83.0 cm³/mol. The van der Waals surface area contributed by atoms with Crippen molar-refractivity contribution in [3.63, 3.8) is 0 Å². The summed E-state index contributed by atoms with van der Waals surface area (Å²) in [6, 6.07) is 7.65. The average molecular weight is 269 g/mol. The van der Waals surface area contributed by atoms with Gasteiger partial charge in [-0.3, -0.25) is 4.90 Å².